The van der Waals surface area contributed by atoms with Gasteiger partial charge >= 0.3 is 0 Å². The summed E-state index contributed by atoms with van der Waals surface area (Å²) in [5, 5.41) is 6.69. The van der Waals surface area contributed by atoms with Crippen molar-refractivity contribution in [2.24, 2.45) is 0 Å². The molecule has 0 radical (unpaired) electrons. The van der Waals surface area contributed by atoms with Crippen LogP contribution in [0.1, 0.15) is 49.0 Å². The lowest BCUT2D eigenvalue weighted by Gasteiger charge is -2.16. The Morgan fingerprint density at radius 1 is 1.15 bits per heavy atom. The van der Waals surface area contributed by atoms with Crippen molar-refractivity contribution in [1.29, 1.82) is 0 Å². The van der Waals surface area contributed by atoms with Crippen LogP contribution in [0.2, 0.25) is 5.02 Å². The smallest absolute Gasteiger partial charge is 0.275 e. The van der Waals surface area contributed by atoms with Crippen LogP contribution in [0.4, 0.5) is 11.5 Å². The third-order valence-electron chi connectivity index (χ3n) is 4.50. The van der Waals surface area contributed by atoms with Gasteiger partial charge in [-0.15, -0.1) is 0 Å². The molecular formula is C19H23ClN4O2. The Morgan fingerprint density at radius 2 is 1.92 bits per heavy atom. The second-order valence-electron chi connectivity index (χ2n) is 6.42. The molecule has 26 heavy (non-hydrogen) atoms. The van der Waals surface area contributed by atoms with Crippen LogP contribution in [0.5, 0.6) is 5.75 Å². The number of carbonyl (C=O) groups is 1. The molecule has 0 bridgehead atoms. The fourth-order valence-electron chi connectivity index (χ4n) is 3.12. The lowest BCUT2D eigenvalue weighted by atomic mass is 10.1. The van der Waals surface area contributed by atoms with Gasteiger partial charge in [0, 0.05) is 11.1 Å². The van der Waals surface area contributed by atoms with E-state index in [4.69, 9.17) is 16.3 Å². The zero-order chi connectivity index (χ0) is 18.4. The maximum Gasteiger partial charge on any atom is 0.275 e. The number of carbonyl (C=O) groups excluding carboxylic acids is 1. The van der Waals surface area contributed by atoms with Gasteiger partial charge in [-0.1, -0.05) is 37.3 Å². The molecule has 1 saturated carbocycles. The van der Waals surface area contributed by atoms with Crippen molar-refractivity contribution < 1.29 is 9.53 Å². The summed E-state index contributed by atoms with van der Waals surface area (Å²) in [4.78, 5) is 21.0. The second-order valence-corrected chi connectivity index (χ2v) is 6.85. The Bertz CT molecular complexity index is 744. The van der Waals surface area contributed by atoms with E-state index in [0.717, 1.165) is 12.8 Å². The maximum absolute atomic E-state index is 12.4. The van der Waals surface area contributed by atoms with E-state index in [-0.39, 0.29) is 11.6 Å². The molecule has 1 aromatic heterocycles. The topological polar surface area (TPSA) is 76.1 Å². The summed E-state index contributed by atoms with van der Waals surface area (Å²) >= 11 is 5.99. The van der Waals surface area contributed by atoms with Crippen LogP contribution >= 0.6 is 11.6 Å². The van der Waals surface area contributed by atoms with Crippen molar-refractivity contribution in [1.82, 2.24) is 9.97 Å². The Labute approximate surface area is 158 Å². The van der Waals surface area contributed by atoms with Gasteiger partial charge < -0.3 is 15.4 Å². The third-order valence-corrected chi connectivity index (χ3v) is 4.74. The first-order valence-electron chi connectivity index (χ1n) is 8.89. The predicted octanol–water partition coefficient (Wildman–Crippen LogP) is 4.53. The van der Waals surface area contributed by atoms with Gasteiger partial charge in [-0.3, -0.25) is 4.79 Å². The van der Waals surface area contributed by atoms with E-state index in [9.17, 15) is 4.79 Å². The second kappa shape index (κ2) is 8.85. The van der Waals surface area contributed by atoms with Crippen molar-refractivity contribution >= 4 is 29.0 Å². The lowest BCUT2D eigenvalue weighted by Crippen LogP contribution is -2.20. The van der Waals surface area contributed by atoms with E-state index >= 15 is 0 Å². The summed E-state index contributed by atoms with van der Waals surface area (Å²) in [6, 6.07) is 5.46. The van der Waals surface area contributed by atoms with Gasteiger partial charge in [-0.05, 0) is 31.0 Å². The lowest BCUT2D eigenvalue weighted by molar-refractivity contribution is 0.102. The van der Waals surface area contributed by atoms with Crippen molar-refractivity contribution in [3.8, 4) is 5.75 Å². The average Bonchev–Trinajstić information content (AvgIpc) is 2.91. The largest absolute Gasteiger partial charge is 0.495 e. The van der Waals surface area contributed by atoms with Crippen molar-refractivity contribution in [2.75, 3.05) is 17.7 Å². The summed E-state index contributed by atoms with van der Waals surface area (Å²) < 4.78 is 5.23. The Kier molecular flexibility index (Phi) is 6.28. The van der Waals surface area contributed by atoms with E-state index in [0.29, 0.717) is 28.3 Å². The van der Waals surface area contributed by atoms with Crippen molar-refractivity contribution in [2.45, 2.75) is 44.6 Å². The van der Waals surface area contributed by atoms with Crippen LogP contribution in [0.25, 0.3) is 0 Å². The van der Waals surface area contributed by atoms with Gasteiger partial charge in [0.2, 0.25) is 0 Å². The van der Waals surface area contributed by atoms with E-state index < -0.39 is 0 Å². The number of hydrogen-bond acceptors (Lipinski definition) is 5. The molecule has 1 aliphatic carbocycles. The average molecular weight is 375 g/mol. The van der Waals surface area contributed by atoms with Crippen molar-refractivity contribution in [3.05, 3.63) is 41.3 Å². The molecule has 0 saturated heterocycles. The Balaban J connectivity index is 1.64. The molecule has 6 nitrogen and oxygen atoms in total. The summed E-state index contributed by atoms with van der Waals surface area (Å²) in [6.07, 6.45) is 10.5. The molecule has 1 amide bonds. The van der Waals surface area contributed by atoms with Crippen molar-refractivity contribution in [3.63, 3.8) is 0 Å². The number of nitrogens with zero attached hydrogens (tertiary/aromatic N) is 2. The number of methoxy groups -OCH3 is 1. The highest BCUT2D eigenvalue weighted by Gasteiger charge is 2.15. The number of rotatable bonds is 5. The standard InChI is InChI=1S/C19H23ClN4O2/c1-26-17-9-8-13(20)10-15(17)24-19(25)16-11-22-18(12-21-16)23-14-6-4-2-3-5-7-14/h8-12,14H,2-7H2,1H3,(H,22,23)(H,24,25). The number of aromatic nitrogens is 2. The molecule has 0 spiro atoms. The van der Waals surface area contributed by atoms with Crippen LogP contribution in [0.15, 0.2) is 30.6 Å². The van der Waals surface area contributed by atoms with Gasteiger partial charge in [0.25, 0.3) is 5.91 Å². The first kappa shape index (κ1) is 18.5. The van der Waals surface area contributed by atoms with E-state index in [1.165, 1.54) is 39.0 Å². The van der Waals surface area contributed by atoms with Crippen LogP contribution in [-0.2, 0) is 0 Å². The predicted molar refractivity (Wildman–Crippen MR) is 103 cm³/mol. The Morgan fingerprint density at radius 3 is 2.58 bits per heavy atom. The number of ether oxygens (including phenoxy) is 1. The number of nitrogens with one attached hydrogen (secondary N) is 2. The molecule has 1 aromatic carbocycles. The van der Waals surface area contributed by atoms with Crippen LogP contribution in [0, 0.1) is 0 Å². The van der Waals surface area contributed by atoms with Crippen LogP contribution in [0.3, 0.4) is 0 Å². The van der Waals surface area contributed by atoms with E-state index in [2.05, 4.69) is 20.6 Å². The molecular weight excluding hydrogens is 352 g/mol. The quantitative estimate of drug-likeness (QED) is 0.752. The normalized spacial score (nSPS) is 15.2. The minimum Gasteiger partial charge on any atom is -0.495 e. The fraction of sp³-hybridized carbons (Fsp3) is 0.421. The third kappa shape index (κ3) is 4.85. The summed E-state index contributed by atoms with van der Waals surface area (Å²) in [5.41, 5.74) is 0.728. The first-order chi connectivity index (χ1) is 12.7. The van der Waals surface area contributed by atoms with Crippen LogP contribution < -0.4 is 15.4 Å². The summed E-state index contributed by atoms with van der Waals surface area (Å²) in [5.74, 6) is 0.871. The highest BCUT2D eigenvalue weighted by Crippen LogP contribution is 2.28. The number of amides is 1. The summed E-state index contributed by atoms with van der Waals surface area (Å²) in [7, 11) is 1.53. The maximum atomic E-state index is 12.4. The SMILES string of the molecule is COc1ccc(Cl)cc1NC(=O)c1cnc(NC2CCCCCC2)cn1. The van der Waals surface area contributed by atoms with Gasteiger partial charge in [0.15, 0.2) is 0 Å². The monoisotopic (exact) mass is 374 g/mol. The minimum atomic E-state index is -0.362. The molecule has 1 aliphatic rings. The Hall–Kier alpha value is -2.34. The van der Waals surface area contributed by atoms with Gasteiger partial charge in [0.1, 0.15) is 17.3 Å². The molecule has 0 unspecified atom stereocenters. The molecule has 0 atom stereocenters. The molecule has 0 aliphatic heterocycles. The number of halogens is 1. The zero-order valence-corrected chi connectivity index (χ0v) is 15.6. The number of anilines is 2. The molecule has 7 heteroatoms. The van der Waals surface area contributed by atoms with Gasteiger partial charge in [-0.2, -0.15) is 0 Å². The highest BCUT2D eigenvalue weighted by molar-refractivity contribution is 6.31. The van der Waals surface area contributed by atoms with Gasteiger partial charge in [0.05, 0.1) is 25.2 Å². The number of benzene rings is 1. The number of hydrogen-bond donors (Lipinski definition) is 2. The first-order valence-corrected chi connectivity index (χ1v) is 9.27. The van der Waals surface area contributed by atoms with Crippen LogP contribution in [-0.4, -0.2) is 29.0 Å². The molecule has 2 N–H and O–H groups in total. The minimum absolute atomic E-state index is 0.235. The summed E-state index contributed by atoms with van der Waals surface area (Å²) in [6.45, 7) is 0. The molecule has 1 fully saturated rings. The van der Waals surface area contributed by atoms with Gasteiger partial charge in [-0.25, -0.2) is 9.97 Å². The molecule has 1 heterocycles. The molecule has 3 rings (SSSR count). The fourth-order valence-corrected chi connectivity index (χ4v) is 3.29. The van der Waals surface area contributed by atoms with E-state index in [1.54, 1.807) is 24.4 Å². The zero-order valence-electron chi connectivity index (χ0n) is 14.8. The van der Waals surface area contributed by atoms with E-state index in [1.807, 2.05) is 0 Å². The molecule has 138 valence electrons. The molecule has 2 aromatic rings. The highest BCUT2D eigenvalue weighted by atomic mass is 35.5.